The van der Waals surface area contributed by atoms with E-state index in [9.17, 15) is 14.3 Å². The first-order valence-corrected chi connectivity index (χ1v) is 8.17. The SMILES string of the molecule is CC(C)(C)OC(=O)N1CC[C@H](c2c[nH]c3cc(F)ccc23)[C@@H](O)C1. The maximum Gasteiger partial charge on any atom is 0.410 e. The second-order valence-corrected chi connectivity index (χ2v) is 7.32. The zero-order valence-electron chi connectivity index (χ0n) is 14.2. The van der Waals surface area contributed by atoms with Gasteiger partial charge in [0.25, 0.3) is 0 Å². The van der Waals surface area contributed by atoms with Gasteiger partial charge < -0.3 is 19.7 Å². The van der Waals surface area contributed by atoms with E-state index >= 15 is 0 Å². The number of aromatic amines is 1. The normalized spacial score (nSPS) is 22.0. The lowest BCUT2D eigenvalue weighted by Crippen LogP contribution is -2.47. The lowest BCUT2D eigenvalue weighted by molar-refractivity contribution is -0.00138. The second kappa shape index (κ2) is 6.09. The summed E-state index contributed by atoms with van der Waals surface area (Å²) in [4.78, 5) is 16.7. The predicted octanol–water partition coefficient (Wildman–Crippen LogP) is 3.39. The van der Waals surface area contributed by atoms with E-state index in [2.05, 4.69) is 4.98 Å². The maximum absolute atomic E-state index is 13.3. The number of aromatic nitrogens is 1. The lowest BCUT2D eigenvalue weighted by atomic mass is 9.87. The molecule has 2 heterocycles. The van der Waals surface area contributed by atoms with Crippen LogP contribution in [0.15, 0.2) is 24.4 Å². The summed E-state index contributed by atoms with van der Waals surface area (Å²) in [6, 6.07) is 4.59. The molecule has 2 atom stereocenters. The minimum atomic E-state index is -0.685. The molecule has 6 heteroatoms. The van der Waals surface area contributed by atoms with Gasteiger partial charge in [0.05, 0.1) is 12.6 Å². The molecule has 1 aliphatic rings. The number of carbonyl (C=O) groups is 1. The monoisotopic (exact) mass is 334 g/mol. The second-order valence-electron chi connectivity index (χ2n) is 7.32. The molecule has 1 aromatic heterocycles. The number of H-pyrrole nitrogens is 1. The van der Waals surface area contributed by atoms with Gasteiger partial charge in [0, 0.05) is 29.6 Å². The average molecular weight is 334 g/mol. The van der Waals surface area contributed by atoms with Crippen LogP contribution in [0.1, 0.15) is 38.7 Å². The van der Waals surface area contributed by atoms with Gasteiger partial charge in [-0.15, -0.1) is 0 Å². The number of ether oxygens (including phenoxy) is 1. The number of piperidine rings is 1. The number of benzene rings is 1. The van der Waals surface area contributed by atoms with Gasteiger partial charge in [-0.1, -0.05) is 0 Å². The van der Waals surface area contributed by atoms with Crippen molar-refractivity contribution in [3.8, 4) is 0 Å². The number of β-amino-alcohol motifs (C(OH)–C–C–N with tert-alkyl or cyclic N) is 1. The van der Waals surface area contributed by atoms with Gasteiger partial charge in [0.1, 0.15) is 11.4 Å². The summed E-state index contributed by atoms with van der Waals surface area (Å²) >= 11 is 0. The number of aliphatic hydroxyl groups is 1. The van der Waals surface area contributed by atoms with Crippen LogP contribution in [0.3, 0.4) is 0 Å². The number of rotatable bonds is 1. The van der Waals surface area contributed by atoms with Crippen LogP contribution < -0.4 is 0 Å². The highest BCUT2D eigenvalue weighted by molar-refractivity contribution is 5.84. The molecule has 0 aliphatic carbocycles. The minimum Gasteiger partial charge on any atom is -0.444 e. The fraction of sp³-hybridized carbons (Fsp3) is 0.500. The Hall–Kier alpha value is -2.08. The maximum atomic E-state index is 13.3. The van der Waals surface area contributed by atoms with Crippen LogP contribution in [-0.4, -0.2) is 45.9 Å². The van der Waals surface area contributed by atoms with Gasteiger partial charge in [-0.3, -0.25) is 0 Å². The smallest absolute Gasteiger partial charge is 0.410 e. The number of halogens is 1. The van der Waals surface area contributed by atoms with E-state index in [1.54, 1.807) is 11.0 Å². The Kier molecular flexibility index (Phi) is 4.25. The van der Waals surface area contributed by atoms with Gasteiger partial charge >= 0.3 is 6.09 Å². The molecule has 0 spiro atoms. The van der Waals surface area contributed by atoms with Gasteiger partial charge in [-0.25, -0.2) is 9.18 Å². The zero-order valence-corrected chi connectivity index (χ0v) is 14.2. The first kappa shape index (κ1) is 16.8. The van der Waals surface area contributed by atoms with Crippen LogP contribution in [-0.2, 0) is 4.74 Å². The number of aliphatic hydroxyl groups excluding tert-OH is 1. The van der Waals surface area contributed by atoms with Crippen molar-refractivity contribution in [1.82, 2.24) is 9.88 Å². The molecular weight excluding hydrogens is 311 g/mol. The van der Waals surface area contributed by atoms with Crippen LogP contribution in [0, 0.1) is 5.82 Å². The lowest BCUT2D eigenvalue weighted by Gasteiger charge is -2.36. The van der Waals surface area contributed by atoms with Crippen LogP contribution in [0.5, 0.6) is 0 Å². The highest BCUT2D eigenvalue weighted by atomic mass is 19.1. The Balaban J connectivity index is 1.75. The topological polar surface area (TPSA) is 65.6 Å². The highest BCUT2D eigenvalue weighted by Crippen LogP contribution is 2.34. The van der Waals surface area contributed by atoms with Crippen LogP contribution >= 0.6 is 0 Å². The van der Waals surface area contributed by atoms with Crippen molar-refractivity contribution in [2.75, 3.05) is 13.1 Å². The van der Waals surface area contributed by atoms with E-state index in [-0.39, 0.29) is 18.3 Å². The molecule has 1 amide bonds. The Morgan fingerprint density at radius 1 is 1.42 bits per heavy atom. The minimum absolute atomic E-state index is 0.0945. The Labute approximate surface area is 140 Å². The van der Waals surface area contributed by atoms with Crippen molar-refractivity contribution < 1.29 is 19.0 Å². The standard InChI is InChI=1S/C18H23FN2O3/c1-18(2,3)24-17(23)21-7-6-13(16(22)10-21)14-9-20-15-8-11(19)4-5-12(14)15/h4-5,8-9,13,16,20,22H,6-7,10H2,1-3H3/t13-,16+/m1/s1. The molecule has 3 rings (SSSR count). The molecule has 1 aromatic carbocycles. The molecule has 130 valence electrons. The van der Waals surface area contributed by atoms with Crippen molar-refractivity contribution in [2.45, 2.75) is 44.8 Å². The number of nitrogens with one attached hydrogen (secondary N) is 1. The van der Waals surface area contributed by atoms with E-state index < -0.39 is 17.8 Å². The van der Waals surface area contributed by atoms with Crippen LogP contribution in [0.2, 0.25) is 0 Å². The van der Waals surface area contributed by atoms with Crippen LogP contribution in [0.4, 0.5) is 9.18 Å². The first-order chi connectivity index (χ1) is 11.2. The van der Waals surface area contributed by atoms with Crippen molar-refractivity contribution in [1.29, 1.82) is 0 Å². The number of fused-ring (bicyclic) bond motifs is 1. The number of amides is 1. The highest BCUT2D eigenvalue weighted by Gasteiger charge is 2.34. The van der Waals surface area contributed by atoms with Crippen LogP contribution in [0.25, 0.3) is 10.9 Å². The Bertz CT molecular complexity index is 750. The third-order valence-corrected chi connectivity index (χ3v) is 4.31. The van der Waals surface area contributed by atoms with Crippen molar-refractivity contribution in [3.05, 3.63) is 35.8 Å². The summed E-state index contributed by atoms with van der Waals surface area (Å²) in [5.74, 6) is -0.390. The summed E-state index contributed by atoms with van der Waals surface area (Å²) < 4.78 is 18.7. The fourth-order valence-electron chi connectivity index (χ4n) is 3.21. The third kappa shape index (κ3) is 3.38. The van der Waals surface area contributed by atoms with Crippen molar-refractivity contribution >= 4 is 17.0 Å². The largest absolute Gasteiger partial charge is 0.444 e. The number of hydrogen-bond donors (Lipinski definition) is 2. The summed E-state index contributed by atoms with van der Waals surface area (Å²) in [6.07, 6.45) is 1.36. The van der Waals surface area contributed by atoms with E-state index in [1.807, 2.05) is 27.0 Å². The van der Waals surface area contributed by atoms with Crippen molar-refractivity contribution in [3.63, 3.8) is 0 Å². The Morgan fingerprint density at radius 3 is 2.83 bits per heavy atom. The summed E-state index contributed by atoms with van der Waals surface area (Å²) in [5, 5.41) is 11.4. The average Bonchev–Trinajstić information content (AvgIpc) is 2.88. The van der Waals surface area contributed by atoms with Crippen molar-refractivity contribution in [2.24, 2.45) is 0 Å². The molecule has 2 N–H and O–H groups in total. The molecule has 0 unspecified atom stereocenters. The molecule has 0 bridgehead atoms. The number of hydrogen-bond acceptors (Lipinski definition) is 3. The van der Waals surface area contributed by atoms with Gasteiger partial charge in [0.2, 0.25) is 0 Å². The fourth-order valence-corrected chi connectivity index (χ4v) is 3.21. The molecular formula is C18H23FN2O3. The molecule has 24 heavy (non-hydrogen) atoms. The summed E-state index contributed by atoms with van der Waals surface area (Å²) in [6.45, 7) is 6.20. The molecule has 2 aromatic rings. The molecule has 1 aliphatic heterocycles. The summed E-state index contributed by atoms with van der Waals surface area (Å²) in [5.41, 5.74) is 1.12. The number of carbonyl (C=O) groups excluding carboxylic acids is 1. The molecule has 0 saturated carbocycles. The van der Waals surface area contributed by atoms with E-state index in [0.29, 0.717) is 18.5 Å². The molecule has 5 nitrogen and oxygen atoms in total. The number of likely N-dealkylation sites (tertiary alicyclic amines) is 1. The van der Waals surface area contributed by atoms with E-state index in [0.717, 1.165) is 10.9 Å². The first-order valence-electron chi connectivity index (χ1n) is 8.17. The summed E-state index contributed by atoms with van der Waals surface area (Å²) in [7, 11) is 0. The predicted molar refractivity (Wildman–Crippen MR) is 89.4 cm³/mol. The van der Waals surface area contributed by atoms with E-state index in [1.165, 1.54) is 12.1 Å². The van der Waals surface area contributed by atoms with Gasteiger partial charge in [-0.05, 0) is 51.0 Å². The third-order valence-electron chi connectivity index (χ3n) is 4.31. The molecule has 0 radical (unpaired) electrons. The zero-order chi connectivity index (χ0) is 17.5. The molecule has 1 saturated heterocycles. The number of nitrogens with zero attached hydrogens (tertiary/aromatic N) is 1. The van der Waals surface area contributed by atoms with Gasteiger partial charge in [0.15, 0.2) is 0 Å². The van der Waals surface area contributed by atoms with E-state index in [4.69, 9.17) is 4.74 Å². The Morgan fingerprint density at radius 2 is 2.17 bits per heavy atom. The quantitative estimate of drug-likeness (QED) is 0.840. The molecule has 1 fully saturated rings. The van der Waals surface area contributed by atoms with Gasteiger partial charge in [-0.2, -0.15) is 0 Å².